The summed E-state index contributed by atoms with van der Waals surface area (Å²) in [6.45, 7) is 11.1. The van der Waals surface area contributed by atoms with Gasteiger partial charge in [-0.05, 0) is 38.9 Å². The first kappa shape index (κ1) is 52.5. The first-order chi connectivity index (χ1) is 24.3. The molecule has 1 nitrogen and oxygen atoms in total. The third-order valence-corrected chi connectivity index (χ3v) is 11.5. The second-order valence-electron chi connectivity index (χ2n) is 16.6. The highest BCUT2D eigenvalue weighted by Gasteiger charge is 2.05. The van der Waals surface area contributed by atoms with E-state index in [-0.39, 0.29) is 17.0 Å². The minimum absolute atomic E-state index is 0. The summed E-state index contributed by atoms with van der Waals surface area (Å²) in [5, 5.41) is 0. The van der Waals surface area contributed by atoms with Gasteiger partial charge in [0, 0.05) is 0 Å². The van der Waals surface area contributed by atoms with E-state index in [1.54, 1.807) is 0 Å². The highest BCUT2D eigenvalue weighted by molar-refractivity contribution is 8.93. The van der Waals surface area contributed by atoms with Crippen LogP contribution in [-0.2, 0) is 0 Å². The average Bonchev–Trinajstić information content (AvgIpc) is 3.11. The van der Waals surface area contributed by atoms with Crippen LogP contribution >= 0.6 is 17.0 Å². The summed E-state index contributed by atoms with van der Waals surface area (Å²) in [4.78, 5) is 2.88. The fourth-order valence-corrected chi connectivity index (χ4v) is 7.93. The largest absolute Gasteiger partial charge is 0.303 e. The van der Waals surface area contributed by atoms with Crippen molar-refractivity contribution in [1.82, 2.24) is 4.90 Å². The molecule has 0 spiro atoms. The molecule has 50 heavy (non-hydrogen) atoms. The highest BCUT2D eigenvalue weighted by Crippen LogP contribution is 2.17. The summed E-state index contributed by atoms with van der Waals surface area (Å²) in [6.07, 6.45) is 61.6. The highest BCUT2D eigenvalue weighted by atomic mass is 79.9. The molecule has 0 aromatic carbocycles. The van der Waals surface area contributed by atoms with Crippen LogP contribution in [-0.4, -0.2) is 24.5 Å². The molecule has 0 N–H and O–H groups in total. The Hall–Kier alpha value is 0.440. The minimum atomic E-state index is 0. The lowest BCUT2D eigenvalue weighted by Gasteiger charge is -2.22. The zero-order valence-corrected chi connectivity index (χ0v) is 37.4. The first-order valence-corrected chi connectivity index (χ1v) is 24.1. The van der Waals surface area contributed by atoms with Gasteiger partial charge in [-0.2, -0.15) is 0 Å². The van der Waals surface area contributed by atoms with Gasteiger partial charge in [0.25, 0.3) is 0 Å². The molecule has 0 aromatic heterocycles. The number of unbranched alkanes of at least 4 members (excludes halogenated alkanes) is 39. The van der Waals surface area contributed by atoms with Gasteiger partial charge in [-0.25, -0.2) is 0 Å². The molecular weight excluding hydrogens is 670 g/mol. The van der Waals surface area contributed by atoms with Gasteiger partial charge < -0.3 is 4.90 Å². The van der Waals surface area contributed by atoms with E-state index in [1.807, 2.05) is 0 Å². The van der Waals surface area contributed by atoms with Gasteiger partial charge in [-0.15, -0.1) is 17.0 Å². The molecule has 0 aliphatic rings. The minimum Gasteiger partial charge on any atom is -0.303 e. The lowest BCUT2D eigenvalue weighted by molar-refractivity contribution is 0.254. The van der Waals surface area contributed by atoms with Crippen LogP contribution in [0, 0.1) is 0 Å². The predicted molar refractivity (Wildman–Crippen MR) is 238 cm³/mol. The van der Waals surface area contributed by atoms with Crippen molar-refractivity contribution in [3.8, 4) is 0 Å². The maximum atomic E-state index is 2.88. The Bertz CT molecular complexity index is 474. The number of halogens is 1. The second kappa shape index (κ2) is 49.4. The van der Waals surface area contributed by atoms with E-state index in [4.69, 9.17) is 0 Å². The van der Waals surface area contributed by atoms with Crippen LogP contribution in [0.3, 0.4) is 0 Å². The lowest BCUT2D eigenvalue weighted by Crippen LogP contribution is -2.27. The van der Waals surface area contributed by atoms with Crippen LogP contribution in [0.4, 0.5) is 0 Å². The Morgan fingerprint density at radius 1 is 0.180 bits per heavy atom. The van der Waals surface area contributed by atoms with Crippen LogP contribution < -0.4 is 0 Å². The maximum Gasteiger partial charge on any atom is -0.00187 e. The normalized spacial score (nSPS) is 11.5. The Kier molecular flexibility index (Phi) is 52.0. The van der Waals surface area contributed by atoms with Gasteiger partial charge in [-0.1, -0.05) is 271 Å². The maximum absolute atomic E-state index is 2.88. The van der Waals surface area contributed by atoms with Crippen LogP contribution in [0.5, 0.6) is 0 Å². The summed E-state index contributed by atoms with van der Waals surface area (Å²) < 4.78 is 0. The fraction of sp³-hybridized carbons (Fsp3) is 1.00. The Morgan fingerprint density at radius 3 is 0.440 bits per heavy atom. The molecular formula is C48H100BrN. The van der Waals surface area contributed by atoms with Gasteiger partial charge in [-0.3, -0.25) is 0 Å². The van der Waals surface area contributed by atoms with Crippen molar-refractivity contribution in [2.75, 3.05) is 19.6 Å². The molecule has 0 aromatic rings. The molecule has 0 bridgehead atoms. The van der Waals surface area contributed by atoms with Crippen LogP contribution in [0.2, 0.25) is 0 Å². The summed E-state index contributed by atoms with van der Waals surface area (Å²) >= 11 is 0. The first-order valence-electron chi connectivity index (χ1n) is 24.1. The molecule has 0 radical (unpaired) electrons. The molecule has 0 aliphatic heterocycles. The summed E-state index contributed by atoms with van der Waals surface area (Å²) in [6, 6.07) is 0. The van der Waals surface area contributed by atoms with Crippen LogP contribution in [0.15, 0.2) is 0 Å². The summed E-state index contributed by atoms with van der Waals surface area (Å²) in [5.74, 6) is 0. The van der Waals surface area contributed by atoms with E-state index in [0.29, 0.717) is 0 Å². The van der Waals surface area contributed by atoms with Gasteiger partial charge in [0.15, 0.2) is 0 Å². The molecule has 0 amide bonds. The molecule has 0 rings (SSSR count). The molecule has 0 heterocycles. The van der Waals surface area contributed by atoms with Crippen molar-refractivity contribution >= 4 is 17.0 Å². The van der Waals surface area contributed by atoms with Crippen LogP contribution in [0.1, 0.15) is 290 Å². The number of rotatable bonds is 45. The standard InChI is InChI=1S/C48H99N.BrH/c1-4-7-10-13-16-19-22-25-28-31-34-37-40-43-46-49(47-44-41-38-35-32-29-26-23-20-17-14-11-8-5-2)48-45-42-39-36-33-30-27-24-21-18-15-12-9-6-3;/h4-48H2,1-3H3;1H. The van der Waals surface area contributed by atoms with Crippen molar-refractivity contribution in [2.24, 2.45) is 0 Å². The van der Waals surface area contributed by atoms with E-state index in [2.05, 4.69) is 25.7 Å². The Labute approximate surface area is 330 Å². The average molecular weight is 771 g/mol. The molecule has 0 unspecified atom stereocenters. The van der Waals surface area contributed by atoms with Crippen molar-refractivity contribution in [3.05, 3.63) is 0 Å². The summed E-state index contributed by atoms with van der Waals surface area (Å²) in [5.41, 5.74) is 0. The molecule has 0 fully saturated rings. The summed E-state index contributed by atoms with van der Waals surface area (Å²) in [7, 11) is 0. The third kappa shape index (κ3) is 46.5. The zero-order valence-electron chi connectivity index (χ0n) is 35.7. The monoisotopic (exact) mass is 770 g/mol. The van der Waals surface area contributed by atoms with Gasteiger partial charge >= 0.3 is 0 Å². The van der Waals surface area contributed by atoms with E-state index in [0.717, 1.165) is 0 Å². The molecule has 304 valence electrons. The molecule has 0 saturated carbocycles. The Balaban J connectivity index is 0. The molecule has 0 aliphatic carbocycles. The fourth-order valence-electron chi connectivity index (χ4n) is 7.93. The van der Waals surface area contributed by atoms with Crippen LogP contribution in [0.25, 0.3) is 0 Å². The van der Waals surface area contributed by atoms with E-state index in [1.165, 1.54) is 289 Å². The zero-order chi connectivity index (χ0) is 35.4. The van der Waals surface area contributed by atoms with Gasteiger partial charge in [0.05, 0.1) is 0 Å². The number of hydrogen-bond donors (Lipinski definition) is 0. The van der Waals surface area contributed by atoms with Crippen molar-refractivity contribution in [3.63, 3.8) is 0 Å². The molecule has 0 atom stereocenters. The van der Waals surface area contributed by atoms with E-state index >= 15 is 0 Å². The predicted octanol–water partition coefficient (Wildman–Crippen LogP) is 18.3. The van der Waals surface area contributed by atoms with E-state index in [9.17, 15) is 0 Å². The molecule has 2 heteroatoms. The van der Waals surface area contributed by atoms with Gasteiger partial charge in [0.2, 0.25) is 0 Å². The smallest absolute Gasteiger partial charge is 0.00187 e. The van der Waals surface area contributed by atoms with Crippen molar-refractivity contribution in [2.45, 2.75) is 290 Å². The van der Waals surface area contributed by atoms with Gasteiger partial charge in [0.1, 0.15) is 0 Å². The topological polar surface area (TPSA) is 3.24 Å². The van der Waals surface area contributed by atoms with Crippen molar-refractivity contribution < 1.29 is 0 Å². The SMILES string of the molecule is Br.CCCCCCCCCCCCCCCCN(CCCCCCCCCCCCCCCC)CCCCCCCCCCCCCCCC. The number of hydrogen-bond acceptors (Lipinski definition) is 1. The third-order valence-electron chi connectivity index (χ3n) is 11.5. The van der Waals surface area contributed by atoms with E-state index < -0.39 is 0 Å². The lowest BCUT2D eigenvalue weighted by atomic mass is 10.0. The quantitative estimate of drug-likeness (QED) is 0.0558. The Morgan fingerprint density at radius 2 is 0.300 bits per heavy atom. The van der Waals surface area contributed by atoms with Crippen molar-refractivity contribution in [1.29, 1.82) is 0 Å². The number of nitrogens with zero attached hydrogens (tertiary/aromatic N) is 1. The molecule has 0 saturated heterocycles. The second-order valence-corrected chi connectivity index (χ2v) is 16.6.